The number of hydrogen-bond donors (Lipinski definition) is 2. The highest BCUT2D eigenvalue weighted by atomic mass is 32.1. The van der Waals surface area contributed by atoms with Crippen molar-refractivity contribution in [1.82, 2.24) is 14.8 Å². The van der Waals surface area contributed by atoms with Gasteiger partial charge in [0.1, 0.15) is 10.8 Å². The zero-order chi connectivity index (χ0) is 14.8. The first-order valence-corrected chi connectivity index (χ1v) is 6.96. The van der Waals surface area contributed by atoms with E-state index >= 15 is 0 Å². The number of nitrogens with zero attached hydrogens (tertiary/aromatic N) is 3. The minimum atomic E-state index is 0.370. The number of anilines is 1. The molecule has 0 aliphatic rings. The average molecular weight is 297 g/mol. The molecule has 0 aliphatic carbocycles. The zero-order valence-corrected chi connectivity index (χ0v) is 12.4. The Morgan fingerprint density at radius 3 is 2.86 bits per heavy atom. The molecule has 0 fully saturated rings. The van der Waals surface area contributed by atoms with Crippen molar-refractivity contribution >= 4 is 33.9 Å². The Bertz CT molecular complexity index is 809. The van der Waals surface area contributed by atoms with E-state index in [1.165, 1.54) is 0 Å². The molecule has 2 aromatic heterocycles. The van der Waals surface area contributed by atoms with Gasteiger partial charge in [-0.05, 0) is 18.2 Å². The van der Waals surface area contributed by atoms with Gasteiger partial charge in [0.15, 0.2) is 0 Å². The number of rotatable bonds is 4. The van der Waals surface area contributed by atoms with E-state index < -0.39 is 0 Å². The van der Waals surface area contributed by atoms with Crippen molar-refractivity contribution in [2.24, 2.45) is 12.8 Å². The van der Waals surface area contributed by atoms with E-state index in [1.54, 1.807) is 4.68 Å². The van der Waals surface area contributed by atoms with Gasteiger partial charge in [-0.2, -0.15) is 5.10 Å². The molecule has 0 spiro atoms. The van der Waals surface area contributed by atoms with Gasteiger partial charge in [0, 0.05) is 24.2 Å². The second kappa shape index (κ2) is 5.49. The molecular weight excluding hydrogens is 282 g/mol. The summed E-state index contributed by atoms with van der Waals surface area (Å²) < 4.78 is 1.77. The fourth-order valence-corrected chi connectivity index (χ4v) is 2.38. The monoisotopic (exact) mass is 297 g/mol. The summed E-state index contributed by atoms with van der Waals surface area (Å²) in [5, 5.41) is 8.55. The third-order valence-corrected chi connectivity index (χ3v) is 3.42. The van der Waals surface area contributed by atoms with E-state index in [2.05, 4.69) is 15.4 Å². The first-order valence-electron chi connectivity index (χ1n) is 6.55. The number of aryl methyl sites for hydroxylation is 1. The van der Waals surface area contributed by atoms with Crippen LogP contribution in [0.5, 0.6) is 0 Å². The number of thiocarbonyl (C=S) groups is 1. The predicted molar refractivity (Wildman–Crippen MR) is 88.2 cm³/mol. The Balaban J connectivity index is 1.93. The van der Waals surface area contributed by atoms with Gasteiger partial charge in [-0.1, -0.05) is 30.4 Å². The fourth-order valence-electron chi connectivity index (χ4n) is 2.21. The van der Waals surface area contributed by atoms with Crippen molar-refractivity contribution in [3.8, 4) is 0 Å². The molecular formula is C15H15N5S. The van der Waals surface area contributed by atoms with Gasteiger partial charge >= 0.3 is 0 Å². The fraction of sp³-hybridized carbons (Fsp3) is 0.133. The van der Waals surface area contributed by atoms with Gasteiger partial charge in [-0.25, -0.2) is 4.98 Å². The van der Waals surface area contributed by atoms with Crippen LogP contribution in [0.4, 0.5) is 5.82 Å². The maximum absolute atomic E-state index is 5.82. The van der Waals surface area contributed by atoms with Gasteiger partial charge in [-0.15, -0.1) is 0 Å². The molecule has 0 atom stereocenters. The summed E-state index contributed by atoms with van der Waals surface area (Å²) in [4.78, 5) is 4.95. The molecule has 0 bridgehead atoms. The second-order valence-electron chi connectivity index (χ2n) is 4.77. The number of nitrogens with two attached hydrogens (primary N) is 1. The van der Waals surface area contributed by atoms with E-state index in [9.17, 15) is 0 Å². The van der Waals surface area contributed by atoms with Crippen LogP contribution in [0.25, 0.3) is 10.9 Å². The Hall–Kier alpha value is -2.47. The van der Waals surface area contributed by atoms with Crippen LogP contribution >= 0.6 is 12.2 Å². The lowest BCUT2D eigenvalue weighted by Gasteiger charge is -2.09. The highest BCUT2D eigenvalue weighted by molar-refractivity contribution is 7.80. The molecule has 3 aromatic rings. The molecule has 0 radical (unpaired) electrons. The molecule has 21 heavy (non-hydrogen) atoms. The number of benzene rings is 1. The lowest BCUT2D eigenvalue weighted by atomic mass is 10.1. The largest absolute Gasteiger partial charge is 0.389 e. The molecule has 106 valence electrons. The summed E-state index contributed by atoms with van der Waals surface area (Å²) in [5.41, 5.74) is 8.47. The number of fused-ring (bicyclic) bond motifs is 1. The van der Waals surface area contributed by atoms with Crippen LogP contribution < -0.4 is 11.1 Å². The summed E-state index contributed by atoms with van der Waals surface area (Å²) in [6, 6.07) is 11.7. The maximum atomic E-state index is 5.82. The number of nitrogens with one attached hydrogen (secondary N) is 1. The van der Waals surface area contributed by atoms with E-state index in [-0.39, 0.29) is 0 Å². The molecule has 2 heterocycles. The number of hydrogen-bond acceptors (Lipinski definition) is 4. The Morgan fingerprint density at radius 2 is 2.14 bits per heavy atom. The molecule has 0 amide bonds. The topological polar surface area (TPSA) is 68.8 Å². The second-order valence-corrected chi connectivity index (χ2v) is 5.21. The quantitative estimate of drug-likeness (QED) is 0.723. The molecule has 3 rings (SSSR count). The van der Waals surface area contributed by atoms with Crippen LogP contribution in [-0.2, 0) is 13.6 Å². The van der Waals surface area contributed by atoms with E-state index in [1.807, 2.05) is 49.6 Å². The minimum absolute atomic E-state index is 0.370. The molecule has 0 saturated carbocycles. The van der Waals surface area contributed by atoms with E-state index in [0.717, 1.165) is 28.0 Å². The van der Waals surface area contributed by atoms with Crippen LogP contribution in [0.3, 0.4) is 0 Å². The highest BCUT2D eigenvalue weighted by Crippen LogP contribution is 2.21. The molecule has 0 unspecified atom stereocenters. The van der Waals surface area contributed by atoms with Crippen LogP contribution in [0.15, 0.2) is 42.6 Å². The highest BCUT2D eigenvalue weighted by Gasteiger charge is 2.08. The number of pyridine rings is 1. The van der Waals surface area contributed by atoms with Crippen LogP contribution in [0.1, 0.15) is 11.3 Å². The third kappa shape index (κ3) is 2.85. The summed E-state index contributed by atoms with van der Waals surface area (Å²) in [7, 11) is 1.89. The number of aromatic nitrogens is 3. The van der Waals surface area contributed by atoms with Crippen molar-refractivity contribution < 1.29 is 0 Å². The van der Waals surface area contributed by atoms with E-state index in [0.29, 0.717) is 11.5 Å². The van der Waals surface area contributed by atoms with Crippen LogP contribution in [0, 0.1) is 0 Å². The third-order valence-electron chi connectivity index (χ3n) is 3.20. The lowest BCUT2D eigenvalue weighted by Crippen LogP contribution is -2.12. The van der Waals surface area contributed by atoms with Crippen molar-refractivity contribution in [1.29, 1.82) is 0 Å². The molecule has 1 aromatic carbocycles. The van der Waals surface area contributed by atoms with Gasteiger partial charge in [0.2, 0.25) is 0 Å². The molecule has 3 N–H and O–H groups in total. The van der Waals surface area contributed by atoms with Gasteiger partial charge in [0.25, 0.3) is 0 Å². The summed E-state index contributed by atoms with van der Waals surface area (Å²) in [6.07, 6.45) is 1.91. The molecule has 0 aliphatic heterocycles. The van der Waals surface area contributed by atoms with Crippen LogP contribution in [-0.4, -0.2) is 19.8 Å². The first kappa shape index (κ1) is 13.5. The lowest BCUT2D eigenvalue weighted by molar-refractivity contribution is 0.747. The average Bonchev–Trinajstić information content (AvgIpc) is 2.89. The zero-order valence-electron chi connectivity index (χ0n) is 11.6. The van der Waals surface area contributed by atoms with Crippen molar-refractivity contribution in [2.45, 2.75) is 6.54 Å². The normalized spacial score (nSPS) is 10.7. The molecule has 5 nitrogen and oxygen atoms in total. The summed E-state index contributed by atoms with van der Waals surface area (Å²) in [6.45, 7) is 0.600. The van der Waals surface area contributed by atoms with Crippen LogP contribution in [0.2, 0.25) is 0 Å². The van der Waals surface area contributed by atoms with Crippen molar-refractivity contribution in [2.75, 3.05) is 5.32 Å². The number of para-hydroxylation sites is 1. The minimum Gasteiger partial charge on any atom is -0.389 e. The predicted octanol–water partition coefficient (Wildman–Crippen LogP) is 2.21. The standard InChI is InChI=1S/C15H15N5S/c1-20-7-6-10(19-20)9-17-14-8-12(15(16)21)11-4-2-3-5-13(11)18-14/h2-8H,9H2,1H3,(H2,16,21)(H,17,18). The Kier molecular flexibility index (Phi) is 3.53. The maximum Gasteiger partial charge on any atom is 0.127 e. The summed E-state index contributed by atoms with van der Waals surface area (Å²) >= 11 is 5.14. The van der Waals surface area contributed by atoms with E-state index in [4.69, 9.17) is 18.0 Å². The SMILES string of the molecule is Cn1ccc(CNc2cc(C(N)=S)c3ccccc3n2)n1. The smallest absolute Gasteiger partial charge is 0.127 e. The summed E-state index contributed by atoms with van der Waals surface area (Å²) in [5.74, 6) is 0.738. The Morgan fingerprint density at radius 1 is 1.33 bits per heavy atom. The van der Waals surface area contributed by atoms with Gasteiger partial charge in [0.05, 0.1) is 17.8 Å². The molecule has 6 heteroatoms. The van der Waals surface area contributed by atoms with Gasteiger partial charge < -0.3 is 11.1 Å². The van der Waals surface area contributed by atoms with Crippen molar-refractivity contribution in [3.63, 3.8) is 0 Å². The first-order chi connectivity index (χ1) is 10.1. The van der Waals surface area contributed by atoms with Crippen molar-refractivity contribution in [3.05, 3.63) is 53.9 Å². The Labute approximate surface area is 127 Å². The molecule has 0 saturated heterocycles. The van der Waals surface area contributed by atoms with Gasteiger partial charge in [-0.3, -0.25) is 4.68 Å².